The first kappa shape index (κ1) is 17.3. The lowest BCUT2D eigenvalue weighted by molar-refractivity contribution is 0.305. The second-order valence-corrected chi connectivity index (χ2v) is 6.48. The molecule has 0 atom stereocenters. The van der Waals surface area contributed by atoms with Crippen LogP contribution >= 0.6 is 11.6 Å². The maximum absolute atomic E-state index is 6.16. The van der Waals surface area contributed by atoms with Crippen molar-refractivity contribution in [1.29, 1.82) is 0 Å². The lowest BCUT2D eigenvalue weighted by atomic mass is 10.1. The zero-order valence-electron chi connectivity index (χ0n) is 14.8. The second kappa shape index (κ2) is 7.63. The van der Waals surface area contributed by atoms with E-state index in [2.05, 4.69) is 32.7 Å². The highest BCUT2D eigenvalue weighted by Crippen LogP contribution is 2.24. The van der Waals surface area contributed by atoms with Crippen molar-refractivity contribution in [2.45, 2.75) is 20.1 Å². The summed E-state index contributed by atoms with van der Waals surface area (Å²) in [6.45, 7) is 2.94. The van der Waals surface area contributed by atoms with Crippen molar-refractivity contribution in [1.82, 2.24) is 19.8 Å². The third kappa shape index (κ3) is 3.85. The van der Waals surface area contributed by atoms with Gasteiger partial charge in [-0.3, -0.25) is 0 Å². The minimum Gasteiger partial charge on any atom is -0.487 e. The average molecular weight is 380 g/mol. The van der Waals surface area contributed by atoms with E-state index in [1.165, 1.54) is 0 Å². The van der Waals surface area contributed by atoms with Crippen LogP contribution in [0.15, 0.2) is 60.7 Å². The van der Waals surface area contributed by atoms with E-state index in [-0.39, 0.29) is 0 Å². The number of anilines is 1. The van der Waals surface area contributed by atoms with Gasteiger partial charge in [0.25, 0.3) is 0 Å². The molecule has 0 spiro atoms. The Bertz CT molecular complexity index is 1080. The molecule has 27 heavy (non-hydrogen) atoms. The molecule has 136 valence electrons. The minimum atomic E-state index is 0.443. The Morgan fingerprint density at radius 3 is 2.59 bits per heavy atom. The summed E-state index contributed by atoms with van der Waals surface area (Å²) in [6.07, 6.45) is 0. The Balaban J connectivity index is 1.47. The third-order valence-electron chi connectivity index (χ3n) is 4.22. The predicted molar refractivity (Wildman–Crippen MR) is 105 cm³/mol. The van der Waals surface area contributed by atoms with Gasteiger partial charge in [0.2, 0.25) is 0 Å². The Kier molecular flexibility index (Phi) is 4.89. The fraction of sp³-hybridized carbons (Fsp3) is 0.150. The summed E-state index contributed by atoms with van der Waals surface area (Å²) in [7, 11) is 0. The van der Waals surface area contributed by atoms with Gasteiger partial charge in [-0.2, -0.15) is 4.52 Å². The smallest absolute Gasteiger partial charge is 0.178 e. The normalized spacial score (nSPS) is 10.9. The van der Waals surface area contributed by atoms with Crippen LogP contribution in [-0.2, 0) is 13.2 Å². The Morgan fingerprint density at radius 2 is 1.74 bits per heavy atom. The summed E-state index contributed by atoms with van der Waals surface area (Å²) in [5.41, 5.74) is 2.95. The van der Waals surface area contributed by atoms with E-state index in [4.69, 9.17) is 16.3 Å². The third-order valence-corrected chi connectivity index (χ3v) is 4.53. The first-order valence-corrected chi connectivity index (χ1v) is 8.95. The maximum atomic E-state index is 6.16. The topological polar surface area (TPSA) is 64.3 Å². The van der Waals surface area contributed by atoms with Crippen molar-refractivity contribution in [3.05, 3.63) is 82.6 Å². The molecule has 0 bridgehead atoms. The number of nitrogens with zero attached hydrogens (tertiary/aromatic N) is 4. The number of nitrogens with one attached hydrogen (secondary N) is 1. The second-order valence-electron chi connectivity index (χ2n) is 6.08. The number of ether oxygens (including phenoxy) is 1. The van der Waals surface area contributed by atoms with Crippen molar-refractivity contribution in [2.75, 3.05) is 5.32 Å². The fourth-order valence-corrected chi connectivity index (χ4v) is 2.95. The number of aryl methyl sites for hydroxylation is 1. The molecule has 1 N–H and O–H groups in total. The molecular weight excluding hydrogens is 362 g/mol. The van der Waals surface area contributed by atoms with Crippen LogP contribution < -0.4 is 10.1 Å². The zero-order chi connectivity index (χ0) is 18.6. The number of para-hydroxylation sites is 1. The van der Waals surface area contributed by atoms with Crippen LogP contribution in [0.4, 0.5) is 5.82 Å². The van der Waals surface area contributed by atoms with Crippen molar-refractivity contribution >= 4 is 23.1 Å². The average Bonchev–Trinajstić information content (AvgIpc) is 3.07. The standard InChI is InChI=1S/C20H18ClN5O/c1-14-23-24-20-11-10-19(25-26(14)20)22-12-15-6-2-3-7-16(15)13-27-18-9-5-4-8-17(18)21/h2-11H,12-13H2,1H3,(H,22,25). The summed E-state index contributed by atoms with van der Waals surface area (Å²) in [5, 5.41) is 16.5. The molecular formula is C20H18ClN5O. The van der Waals surface area contributed by atoms with Gasteiger partial charge in [0.15, 0.2) is 11.5 Å². The van der Waals surface area contributed by atoms with Crippen LogP contribution in [0.3, 0.4) is 0 Å². The van der Waals surface area contributed by atoms with Crippen LogP contribution in [0.5, 0.6) is 5.75 Å². The van der Waals surface area contributed by atoms with E-state index in [1.807, 2.05) is 55.5 Å². The van der Waals surface area contributed by atoms with E-state index in [0.717, 1.165) is 28.4 Å². The van der Waals surface area contributed by atoms with Gasteiger partial charge in [-0.1, -0.05) is 48.0 Å². The molecule has 6 nitrogen and oxygen atoms in total. The van der Waals surface area contributed by atoms with Crippen LogP contribution in [0.2, 0.25) is 5.02 Å². The van der Waals surface area contributed by atoms with Crippen LogP contribution in [0.1, 0.15) is 17.0 Å². The summed E-state index contributed by atoms with van der Waals surface area (Å²) < 4.78 is 7.60. The Morgan fingerprint density at radius 1 is 0.963 bits per heavy atom. The van der Waals surface area contributed by atoms with E-state index in [0.29, 0.717) is 23.9 Å². The molecule has 0 radical (unpaired) electrons. The summed E-state index contributed by atoms with van der Waals surface area (Å²) in [5.74, 6) is 2.19. The van der Waals surface area contributed by atoms with Crippen molar-refractivity contribution in [3.63, 3.8) is 0 Å². The molecule has 0 saturated heterocycles. The molecule has 0 aliphatic rings. The van der Waals surface area contributed by atoms with E-state index >= 15 is 0 Å². The molecule has 2 heterocycles. The van der Waals surface area contributed by atoms with Crippen LogP contribution in [0.25, 0.3) is 5.65 Å². The number of fused-ring (bicyclic) bond motifs is 1. The first-order valence-electron chi connectivity index (χ1n) is 8.58. The highest BCUT2D eigenvalue weighted by Gasteiger charge is 2.07. The van der Waals surface area contributed by atoms with E-state index < -0.39 is 0 Å². The SMILES string of the molecule is Cc1nnc2ccc(NCc3ccccc3COc3ccccc3Cl)nn12. The molecule has 2 aromatic heterocycles. The maximum Gasteiger partial charge on any atom is 0.178 e. The van der Waals surface area contributed by atoms with Crippen molar-refractivity contribution in [3.8, 4) is 5.75 Å². The number of aromatic nitrogens is 4. The fourth-order valence-electron chi connectivity index (χ4n) is 2.76. The van der Waals surface area contributed by atoms with Crippen LogP contribution in [-0.4, -0.2) is 19.8 Å². The van der Waals surface area contributed by atoms with Gasteiger partial charge in [-0.25, -0.2) is 0 Å². The minimum absolute atomic E-state index is 0.443. The van der Waals surface area contributed by atoms with Crippen molar-refractivity contribution < 1.29 is 4.74 Å². The van der Waals surface area contributed by atoms with Gasteiger partial charge >= 0.3 is 0 Å². The molecule has 0 fully saturated rings. The number of hydrogen-bond donors (Lipinski definition) is 1. The predicted octanol–water partition coefficient (Wildman–Crippen LogP) is 4.28. The molecule has 0 amide bonds. The van der Waals surface area contributed by atoms with Gasteiger partial charge in [-0.05, 0) is 42.3 Å². The van der Waals surface area contributed by atoms with E-state index in [9.17, 15) is 0 Å². The number of hydrogen-bond acceptors (Lipinski definition) is 5. The van der Waals surface area contributed by atoms with Crippen LogP contribution in [0, 0.1) is 6.92 Å². The molecule has 2 aromatic carbocycles. The lowest BCUT2D eigenvalue weighted by Gasteiger charge is -2.13. The molecule has 7 heteroatoms. The Labute approximate surface area is 161 Å². The highest BCUT2D eigenvalue weighted by molar-refractivity contribution is 6.32. The Hall–Kier alpha value is -3.12. The molecule has 0 unspecified atom stereocenters. The van der Waals surface area contributed by atoms with Crippen molar-refractivity contribution in [2.24, 2.45) is 0 Å². The van der Waals surface area contributed by atoms with Gasteiger partial charge < -0.3 is 10.1 Å². The van der Waals surface area contributed by atoms with E-state index in [1.54, 1.807) is 4.52 Å². The molecule has 0 aliphatic carbocycles. The van der Waals surface area contributed by atoms with Gasteiger partial charge in [0.05, 0.1) is 5.02 Å². The highest BCUT2D eigenvalue weighted by atomic mass is 35.5. The number of benzene rings is 2. The lowest BCUT2D eigenvalue weighted by Crippen LogP contribution is -2.08. The van der Waals surface area contributed by atoms with Gasteiger partial charge in [0, 0.05) is 6.54 Å². The quantitative estimate of drug-likeness (QED) is 0.541. The zero-order valence-corrected chi connectivity index (χ0v) is 15.5. The molecule has 4 aromatic rings. The molecule has 0 aliphatic heterocycles. The summed E-state index contributed by atoms with van der Waals surface area (Å²) in [4.78, 5) is 0. The summed E-state index contributed by atoms with van der Waals surface area (Å²) >= 11 is 6.16. The summed E-state index contributed by atoms with van der Waals surface area (Å²) in [6, 6.07) is 19.4. The monoisotopic (exact) mass is 379 g/mol. The number of rotatable bonds is 6. The number of halogens is 1. The molecule has 0 saturated carbocycles. The largest absolute Gasteiger partial charge is 0.487 e. The van der Waals surface area contributed by atoms with Gasteiger partial charge in [0.1, 0.15) is 18.2 Å². The first-order chi connectivity index (χ1) is 13.2. The van der Waals surface area contributed by atoms with Gasteiger partial charge in [-0.15, -0.1) is 15.3 Å². The molecule has 4 rings (SSSR count).